The first kappa shape index (κ1) is 28.8. The highest BCUT2D eigenvalue weighted by atomic mass is 16.4. The van der Waals surface area contributed by atoms with Gasteiger partial charge in [0.1, 0.15) is 18.1 Å². The molecule has 1 aromatic carbocycles. The van der Waals surface area contributed by atoms with Crippen LogP contribution in [0.4, 0.5) is 0 Å². The number of carbonyl (C=O) groups excluding carboxylic acids is 3. The number of fused-ring (bicyclic) bond motifs is 1. The van der Waals surface area contributed by atoms with Crippen molar-refractivity contribution in [1.29, 1.82) is 0 Å². The summed E-state index contributed by atoms with van der Waals surface area (Å²) in [5.41, 5.74) is 7.02. The molecule has 0 aliphatic heterocycles. The van der Waals surface area contributed by atoms with Gasteiger partial charge in [-0.15, -0.1) is 0 Å². The van der Waals surface area contributed by atoms with Gasteiger partial charge in [0.2, 0.25) is 17.7 Å². The van der Waals surface area contributed by atoms with Gasteiger partial charge in [0.25, 0.3) is 0 Å². The van der Waals surface area contributed by atoms with E-state index in [2.05, 4.69) is 20.9 Å². The molecule has 0 saturated carbocycles. The summed E-state index contributed by atoms with van der Waals surface area (Å²) >= 11 is 0. The van der Waals surface area contributed by atoms with Gasteiger partial charge in [-0.05, 0) is 25.0 Å². The highest BCUT2D eigenvalue weighted by molar-refractivity contribution is 5.96. The summed E-state index contributed by atoms with van der Waals surface area (Å²) in [7, 11) is 0. The second kappa shape index (κ2) is 13.0. The van der Waals surface area contributed by atoms with Gasteiger partial charge >= 0.3 is 17.9 Å². The molecular formula is C23H29N5O9. The molecule has 0 saturated heterocycles. The molecule has 0 spiro atoms. The van der Waals surface area contributed by atoms with E-state index in [1.165, 1.54) is 6.92 Å². The maximum absolute atomic E-state index is 13.0. The number of carboxylic acids is 3. The first-order valence-electron chi connectivity index (χ1n) is 11.3. The summed E-state index contributed by atoms with van der Waals surface area (Å²) in [5.74, 6) is -6.74. The number of hydrogen-bond donors (Lipinski definition) is 8. The fourth-order valence-electron chi connectivity index (χ4n) is 3.45. The molecule has 0 aliphatic carbocycles. The van der Waals surface area contributed by atoms with Crippen LogP contribution in [-0.4, -0.2) is 80.1 Å². The van der Waals surface area contributed by atoms with Gasteiger partial charge in [0.05, 0.1) is 12.5 Å². The first-order valence-corrected chi connectivity index (χ1v) is 11.3. The average Bonchev–Trinajstić information content (AvgIpc) is 3.23. The van der Waals surface area contributed by atoms with Crippen LogP contribution in [0.5, 0.6) is 0 Å². The fraction of sp³-hybridized carbons (Fsp3) is 0.391. The van der Waals surface area contributed by atoms with Crippen LogP contribution >= 0.6 is 0 Å². The average molecular weight is 520 g/mol. The quantitative estimate of drug-likeness (QED) is 0.150. The predicted molar refractivity (Wildman–Crippen MR) is 128 cm³/mol. The van der Waals surface area contributed by atoms with Crippen molar-refractivity contribution in [2.45, 2.75) is 56.8 Å². The Labute approximate surface area is 210 Å². The Kier molecular flexibility index (Phi) is 10.1. The molecule has 3 amide bonds. The predicted octanol–water partition coefficient (Wildman–Crippen LogP) is -1.06. The molecule has 0 aliphatic rings. The molecule has 37 heavy (non-hydrogen) atoms. The lowest BCUT2D eigenvalue weighted by Gasteiger charge is -2.24. The Morgan fingerprint density at radius 2 is 1.51 bits per heavy atom. The van der Waals surface area contributed by atoms with E-state index in [-0.39, 0.29) is 12.8 Å². The summed E-state index contributed by atoms with van der Waals surface area (Å²) in [6, 6.07) is 1.57. The van der Waals surface area contributed by atoms with Crippen LogP contribution in [0.3, 0.4) is 0 Å². The lowest BCUT2D eigenvalue weighted by atomic mass is 10.0. The summed E-state index contributed by atoms with van der Waals surface area (Å²) in [6.45, 7) is 1.23. The third-order valence-corrected chi connectivity index (χ3v) is 5.48. The van der Waals surface area contributed by atoms with E-state index < -0.39 is 72.6 Å². The summed E-state index contributed by atoms with van der Waals surface area (Å²) in [5, 5.41) is 34.7. The number of para-hydroxylation sites is 1. The highest BCUT2D eigenvalue weighted by Gasteiger charge is 2.31. The number of amides is 3. The first-order chi connectivity index (χ1) is 17.4. The molecule has 9 N–H and O–H groups in total. The van der Waals surface area contributed by atoms with Crippen molar-refractivity contribution in [2.24, 2.45) is 5.73 Å². The van der Waals surface area contributed by atoms with Crippen molar-refractivity contribution in [2.75, 3.05) is 0 Å². The normalized spacial score (nSPS) is 14.1. The number of aliphatic carboxylic acids is 3. The van der Waals surface area contributed by atoms with Crippen LogP contribution in [0.25, 0.3) is 10.9 Å². The van der Waals surface area contributed by atoms with Gasteiger partial charge < -0.3 is 42.0 Å². The Hall–Kier alpha value is -4.46. The minimum Gasteiger partial charge on any atom is -0.481 e. The number of carboxylic acid groups (broad SMARTS) is 3. The van der Waals surface area contributed by atoms with Crippen molar-refractivity contribution < 1.29 is 44.1 Å². The minimum absolute atomic E-state index is 0.0835. The molecule has 1 aromatic heterocycles. The Morgan fingerprint density at radius 3 is 2.14 bits per heavy atom. The smallest absolute Gasteiger partial charge is 0.325 e. The molecule has 2 rings (SSSR count). The topological polar surface area (TPSA) is 241 Å². The largest absolute Gasteiger partial charge is 0.481 e. The Bertz CT molecular complexity index is 1180. The SMILES string of the molecule is CC(NC(=O)C(Cc1c[nH]c2ccccc12)NC(=O)C(CC(=O)O)NC(=O)C(N)CCC(=O)O)C(=O)O. The molecule has 0 bridgehead atoms. The van der Waals surface area contributed by atoms with Crippen LogP contribution in [0, 0.1) is 0 Å². The zero-order valence-electron chi connectivity index (χ0n) is 19.9. The highest BCUT2D eigenvalue weighted by Crippen LogP contribution is 2.19. The van der Waals surface area contributed by atoms with Gasteiger partial charge in [-0.25, -0.2) is 0 Å². The molecule has 4 atom stereocenters. The van der Waals surface area contributed by atoms with Crippen molar-refractivity contribution in [3.05, 3.63) is 36.0 Å². The van der Waals surface area contributed by atoms with Gasteiger partial charge in [0, 0.05) is 29.9 Å². The van der Waals surface area contributed by atoms with Crippen LogP contribution < -0.4 is 21.7 Å². The third kappa shape index (κ3) is 8.61. The summed E-state index contributed by atoms with van der Waals surface area (Å²) < 4.78 is 0. The number of aromatic amines is 1. The molecule has 14 nitrogen and oxygen atoms in total. The van der Waals surface area contributed by atoms with E-state index in [4.69, 9.17) is 15.9 Å². The van der Waals surface area contributed by atoms with E-state index in [0.29, 0.717) is 5.56 Å². The number of nitrogens with two attached hydrogens (primary N) is 1. The monoisotopic (exact) mass is 519 g/mol. The van der Waals surface area contributed by atoms with Crippen LogP contribution in [0.15, 0.2) is 30.5 Å². The van der Waals surface area contributed by atoms with Gasteiger partial charge in [-0.3, -0.25) is 28.8 Å². The number of carbonyl (C=O) groups is 6. The van der Waals surface area contributed by atoms with Crippen LogP contribution in [0.1, 0.15) is 31.7 Å². The van der Waals surface area contributed by atoms with E-state index in [1.807, 2.05) is 0 Å². The van der Waals surface area contributed by atoms with Crippen molar-refractivity contribution in [1.82, 2.24) is 20.9 Å². The molecule has 0 fully saturated rings. The standard InChI is InChI=1S/C23H29N5O9/c1-11(23(36)37)26-21(34)16(8-12-10-25-15-5-3-2-4-13(12)15)28-22(35)17(9-19(31)32)27-20(33)14(24)6-7-18(29)30/h2-5,10-11,14,16-17,25H,6-9,24H2,1H3,(H,26,34)(H,27,33)(H,28,35)(H,29,30)(H,31,32)(H,36,37). The number of aromatic nitrogens is 1. The minimum atomic E-state index is -1.64. The van der Waals surface area contributed by atoms with Crippen molar-refractivity contribution in [3.63, 3.8) is 0 Å². The molecule has 200 valence electrons. The molecule has 1 heterocycles. The zero-order valence-corrected chi connectivity index (χ0v) is 19.9. The maximum Gasteiger partial charge on any atom is 0.325 e. The molecule has 4 unspecified atom stereocenters. The van der Waals surface area contributed by atoms with Crippen LogP contribution in [0.2, 0.25) is 0 Å². The number of hydrogen-bond acceptors (Lipinski definition) is 7. The Balaban J connectivity index is 2.25. The van der Waals surface area contributed by atoms with Crippen molar-refractivity contribution in [3.8, 4) is 0 Å². The molecule has 2 aromatic rings. The van der Waals surface area contributed by atoms with Gasteiger partial charge in [-0.1, -0.05) is 18.2 Å². The number of nitrogens with one attached hydrogen (secondary N) is 4. The Morgan fingerprint density at radius 1 is 0.892 bits per heavy atom. The summed E-state index contributed by atoms with van der Waals surface area (Å²) in [4.78, 5) is 74.5. The second-order valence-electron chi connectivity index (χ2n) is 8.39. The lowest BCUT2D eigenvalue weighted by Crippen LogP contribution is -2.57. The van der Waals surface area contributed by atoms with E-state index in [0.717, 1.165) is 10.9 Å². The lowest BCUT2D eigenvalue weighted by molar-refractivity contribution is -0.143. The van der Waals surface area contributed by atoms with E-state index >= 15 is 0 Å². The number of rotatable bonds is 14. The molecule has 14 heteroatoms. The van der Waals surface area contributed by atoms with Crippen molar-refractivity contribution >= 4 is 46.5 Å². The van der Waals surface area contributed by atoms with Gasteiger partial charge in [-0.2, -0.15) is 0 Å². The zero-order chi connectivity index (χ0) is 27.7. The van der Waals surface area contributed by atoms with E-state index in [9.17, 15) is 33.9 Å². The summed E-state index contributed by atoms with van der Waals surface area (Å²) in [6.07, 6.45) is 0.0198. The number of benzene rings is 1. The third-order valence-electron chi connectivity index (χ3n) is 5.48. The molecular weight excluding hydrogens is 490 g/mol. The van der Waals surface area contributed by atoms with E-state index in [1.54, 1.807) is 30.5 Å². The second-order valence-corrected chi connectivity index (χ2v) is 8.39. The maximum atomic E-state index is 13.0. The van der Waals surface area contributed by atoms with Gasteiger partial charge in [0.15, 0.2) is 0 Å². The van der Waals surface area contributed by atoms with Crippen LogP contribution in [-0.2, 0) is 35.2 Å². The fourth-order valence-corrected chi connectivity index (χ4v) is 3.45. The molecule has 0 radical (unpaired) electrons. The number of H-pyrrole nitrogens is 1.